The van der Waals surface area contributed by atoms with Crippen molar-refractivity contribution in [1.29, 1.82) is 0 Å². The van der Waals surface area contributed by atoms with Crippen LogP contribution in [0.3, 0.4) is 0 Å². The fourth-order valence-electron chi connectivity index (χ4n) is 7.32. The van der Waals surface area contributed by atoms with Crippen LogP contribution in [0.5, 0.6) is 0 Å². The molecule has 2 amide bonds. The van der Waals surface area contributed by atoms with Gasteiger partial charge in [0.2, 0.25) is 5.91 Å². The van der Waals surface area contributed by atoms with Gasteiger partial charge in [-0.2, -0.15) is 0 Å². The number of amides is 2. The predicted octanol–water partition coefficient (Wildman–Crippen LogP) is 6.33. The lowest BCUT2D eigenvalue weighted by Gasteiger charge is -2.40. The Labute approximate surface area is 294 Å². The number of ether oxygens (including phenoxy) is 3. The summed E-state index contributed by atoms with van der Waals surface area (Å²) < 4.78 is 19.2. The molecular weight excluding hydrogens is 677 g/mol. The van der Waals surface area contributed by atoms with Gasteiger partial charge in [-0.15, -0.1) is 11.3 Å². The number of hydrogen-bond acceptors (Lipinski definition) is 8. The van der Waals surface area contributed by atoms with Crippen molar-refractivity contribution >= 4 is 68.1 Å². The first kappa shape index (κ1) is 35.1. The molecular formula is C35H41Cl2N3O7S. The van der Waals surface area contributed by atoms with E-state index in [2.05, 4.69) is 10.2 Å². The number of carbonyl (C=O) groups excluding carboxylic acids is 2. The summed E-state index contributed by atoms with van der Waals surface area (Å²) in [7, 11) is 3.34. The number of nitrogens with zero attached hydrogens (tertiary/aromatic N) is 2. The van der Waals surface area contributed by atoms with Gasteiger partial charge in [0.05, 0.1) is 53.0 Å². The van der Waals surface area contributed by atoms with Gasteiger partial charge in [0.25, 0.3) is 5.91 Å². The zero-order chi connectivity index (χ0) is 33.9. The first-order chi connectivity index (χ1) is 23.2. The SMILES string of the molecule is CO[C@H]1CN(C(OC2CCC(C(=O)O)CC2)[C@@H]2CCCN2C(=O)Cc2cc(Cl)c(NC(=O)c3csc4ccccc34)cc2Cl)C[C@H]1OC. The third-order valence-corrected chi connectivity index (χ3v) is 11.6. The van der Waals surface area contributed by atoms with Gasteiger partial charge in [-0.25, -0.2) is 0 Å². The molecule has 2 aromatic carbocycles. The van der Waals surface area contributed by atoms with Crippen LogP contribution in [0.4, 0.5) is 5.69 Å². The van der Waals surface area contributed by atoms with Gasteiger partial charge in [-0.3, -0.25) is 19.3 Å². The molecule has 6 rings (SSSR count). The number of halogens is 2. The van der Waals surface area contributed by atoms with Crippen LogP contribution in [0.15, 0.2) is 41.8 Å². The average Bonchev–Trinajstić information content (AvgIpc) is 3.84. The number of rotatable bonds is 11. The van der Waals surface area contributed by atoms with Crippen molar-refractivity contribution in [3.8, 4) is 0 Å². The number of hydrogen-bond donors (Lipinski definition) is 2. The molecule has 3 aromatic rings. The van der Waals surface area contributed by atoms with Gasteiger partial charge in [0.1, 0.15) is 6.23 Å². The third kappa shape index (κ3) is 7.52. The van der Waals surface area contributed by atoms with E-state index in [0.29, 0.717) is 72.2 Å². The number of thiophene rings is 1. The van der Waals surface area contributed by atoms with E-state index in [9.17, 15) is 19.5 Å². The van der Waals surface area contributed by atoms with Gasteiger partial charge < -0.3 is 29.5 Å². The van der Waals surface area contributed by atoms with Crippen LogP contribution in [-0.2, 0) is 30.2 Å². The molecule has 1 unspecified atom stereocenters. The molecule has 0 radical (unpaired) electrons. The lowest BCUT2D eigenvalue weighted by atomic mass is 9.87. The summed E-state index contributed by atoms with van der Waals surface area (Å²) in [5.41, 5.74) is 1.50. The average molecular weight is 719 g/mol. The molecule has 48 heavy (non-hydrogen) atoms. The van der Waals surface area contributed by atoms with Gasteiger partial charge in [0.15, 0.2) is 0 Å². The summed E-state index contributed by atoms with van der Waals surface area (Å²) in [6.45, 7) is 1.77. The Morgan fingerprint density at radius 1 is 1.00 bits per heavy atom. The van der Waals surface area contributed by atoms with Crippen molar-refractivity contribution in [3.63, 3.8) is 0 Å². The Balaban J connectivity index is 1.16. The molecule has 2 saturated heterocycles. The molecule has 4 atom stereocenters. The van der Waals surface area contributed by atoms with Crippen LogP contribution < -0.4 is 5.32 Å². The third-order valence-electron chi connectivity index (χ3n) is 9.96. The van der Waals surface area contributed by atoms with E-state index in [0.717, 1.165) is 22.9 Å². The van der Waals surface area contributed by atoms with Crippen molar-refractivity contribution in [2.45, 2.75) is 75.5 Å². The van der Waals surface area contributed by atoms with Crippen LogP contribution in [0.25, 0.3) is 10.1 Å². The number of benzene rings is 2. The number of methoxy groups -OCH3 is 2. The molecule has 3 aliphatic rings. The van der Waals surface area contributed by atoms with Crippen LogP contribution in [-0.4, -0.2) is 97.1 Å². The summed E-state index contributed by atoms with van der Waals surface area (Å²) in [6, 6.07) is 10.7. The molecule has 2 N–H and O–H groups in total. The Hall–Kier alpha value is -2.77. The minimum atomic E-state index is -0.756. The maximum absolute atomic E-state index is 14.0. The quantitative estimate of drug-likeness (QED) is 0.237. The van der Waals surface area contributed by atoms with Crippen molar-refractivity contribution in [3.05, 3.63) is 63.0 Å². The van der Waals surface area contributed by atoms with E-state index < -0.39 is 12.2 Å². The van der Waals surface area contributed by atoms with Crippen LogP contribution in [0.2, 0.25) is 10.0 Å². The highest BCUT2D eigenvalue weighted by atomic mass is 35.5. The number of aliphatic carboxylic acids is 1. The van der Waals surface area contributed by atoms with Crippen molar-refractivity contribution in [2.75, 3.05) is 39.2 Å². The topological polar surface area (TPSA) is 118 Å². The molecule has 1 aromatic heterocycles. The fraction of sp³-hybridized carbons (Fsp3) is 0.514. The van der Waals surface area contributed by atoms with Gasteiger partial charge >= 0.3 is 5.97 Å². The summed E-state index contributed by atoms with van der Waals surface area (Å²) in [5, 5.41) is 15.7. The zero-order valence-corrected chi connectivity index (χ0v) is 29.4. The molecule has 1 aliphatic carbocycles. The normalized spacial score (nSPS) is 25.4. The molecule has 10 nitrogen and oxygen atoms in total. The predicted molar refractivity (Wildman–Crippen MR) is 186 cm³/mol. The number of carboxylic acid groups (broad SMARTS) is 1. The lowest BCUT2D eigenvalue weighted by molar-refractivity contribution is -0.158. The van der Waals surface area contributed by atoms with Gasteiger partial charge in [-0.1, -0.05) is 41.4 Å². The lowest BCUT2D eigenvalue weighted by Crippen LogP contribution is -2.53. The minimum Gasteiger partial charge on any atom is -0.481 e. The number of carbonyl (C=O) groups is 3. The highest BCUT2D eigenvalue weighted by Gasteiger charge is 2.45. The van der Waals surface area contributed by atoms with E-state index >= 15 is 0 Å². The fourth-order valence-corrected chi connectivity index (χ4v) is 8.73. The van der Waals surface area contributed by atoms with Crippen LogP contribution in [0, 0.1) is 5.92 Å². The Kier molecular flexibility index (Phi) is 11.3. The first-order valence-corrected chi connectivity index (χ1v) is 18.0. The van der Waals surface area contributed by atoms with Crippen LogP contribution in [0.1, 0.15) is 54.4 Å². The Morgan fingerprint density at radius 2 is 1.71 bits per heavy atom. The highest BCUT2D eigenvalue weighted by molar-refractivity contribution is 7.17. The van der Waals surface area contributed by atoms with Gasteiger partial charge in [-0.05, 0) is 62.3 Å². The first-order valence-electron chi connectivity index (χ1n) is 16.4. The van der Waals surface area contributed by atoms with Crippen molar-refractivity contribution in [2.24, 2.45) is 5.92 Å². The number of likely N-dealkylation sites (tertiary alicyclic amines) is 2. The largest absolute Gasteiger partial charge is 0.481 e. The Morgan fingerprint density at radius 3 is 2.40 bits per heavy atom. The maximum atomic E-state index is 14.0. The molecule has 3 fully saturated rings. The molecule has 0 bridgehead atoms. The summed E-state index contributed by atoms with van der Waals surface area (Å²) in [6.07, 6.45) is 3.32. The molecule has 3 heterocycles. The van der Waals surface area contributed by atoms with E-state index in [4.69, 9.17) is 37.4 Å². The monoisotopic (exact) mass is 717 g/mol. The smallest absolute Gasteiger partial charge is 0.306 e. The summed E-state index contributed by atoms with van der Waals surface area (Å²) >= 11 is 14.8. The molecule has 2 aliphatic heterocycles. The molecule has 13 heteroatoms. The van der Waals surface area contributed by atoms with E-state index in [1.54, 1.807) is 26.4 Å². The molecule has 258 valence electrons. The highest BCUT2D eigenvalue weighted by Crippen LogP contribution is 2.35. The maximum Gasteiger partial charge on any atom is 0.306 e. The van der Waals surface area contributed by atoms with E-state index in [-0.39, 0.29) is 48.5 Å². The minimum absolute atomic E-state index is 0.0380. The number of carboxylic acids is 1. The number of fused-ring (bicyclic) bond motifs is 1. The Bertz CT molecular complexity index is 1630. The number of nitrogens with one attached hydrogen (secondary N) is 1. The summed E-state index contributed by atoms with van der Waals surface area (Å²) in [5.74, 6) is -1.48. The second-order valence-electron chi connectivity index (χ2n) is 12.8. The van der Waals surface area contributed by atoms with Crippen molar-refractivity contribution < 1.29 is 33.7 Å². The second kappa shape index (κ2) is 15.4. The van der Waals surface area contributed by atoms with Crippen LogP contribution >= 0.6 is 34.5 Å². The number of anilines is 1. The molecule has 0 spiro atoms. The second-order valence-corrected chi connectivity index (χ2v) is 14.6. The molecule has 1 saturated carbocycles. The van der Waals surface area contributed by atoms with Gasteiger partial charge in [0, 0.05) is 54.3 Å². The zero-order valence-electron chi connectivity index (χ0n) is 27.0. The standard InChI is InChI=1S/C35H41Cl2N3O7S/c1-45-29-17-39(18-30(29)46-2)34(47-22-11-9-20(10-12-22)35(43)44)28-7-5-13-40(28)32(41)15-21-14-26(37)27(16-25(21)36)38-33(42)24-19-48-31-8-4-3-6-23(24)31/h3-4,6,8,14,16,19-20,22,28-30,34H,5,7,9-13,15,17-18H2,1-2H3,(H,38,42)(H,43,44)/t20?,22?,28-,29-,30+,34?/m0/s1. The van der Waals surface area contributed by atoms with E-state index in [1.165, 1.54) is 11.3 Å². The van der Waals surface area contributed by atoms with Crippen molar-refractivity contribution in [1.82, 2.24) is 9.80 Å². The van der Waals surface area contributed by atoms with E-state index in [1.807, 2.05) is 34.5 Å². The summed E-state index contributed by atoms with van der Waals surface area (Å²) in [4.78, 5) is 42.8.